The summed E-state index contributed by atoms with van der Waals surface area (Å²) >= 11 is 0. The molecule has 5 N–H and O–H groups in total. The molecule has 0 saturated carbocycles. The number of rotatable bonds is 18. The van der Waals surface area contributed by atoms with Gasteiger partial charge in [-0.3, -0.25) is 19.2 Å². The molecule has 1 aromatic carbocycles. The van der Waals surface area contributed by atoms with Crippen molar-refractivity contribution in [3.63, 3.8) is 0 Å². The van der Waals surface area contributed by atoms with Gasteiger partial charge in [0.15, 0.2) is 0 Å². The molecule has 12 heteroatoms. The van der Waals surface area contributed by atoms with Crippen molar-refractivity contribution in [3.05, 3.63) is 35.9 Å². The molecule has 55 heavy (non-hydrogen) atoms. The van der Waals surface area contributed by atoms with Crippen LogP contribution in [0.1, 0.15) is 151 Å². The summed E-state index contributed by atoms with van der Waals surface area (Å²) in [5.74, 6) is -1.23. The molecule has 0 bridgehead atoms. The standard InChI is InChI=1S/C19H29N3O3.C12H22N2O3.C6H13N.C4H10.C2H6/c1-13(2)15(11-20-17(24)14-9-7-6-8-10-14)21-18(25)22-16(12-23)19(3,4)5;1-3-5-7-10(14-9-15)11(16)12(17)13-8-6-4-2;1-6-4-3-5-7(6)2;1-3-4-2;1-2/h6-10,12-13,15-16H,11H2,1-5H3,(H,20,24)(H2,21,22,25);9-10H,3-8H2,1-2H3,(H,13,17)(H,14,15);6H,3-5H2,1-2H3;3-4H2,1-2H3;1-2H3. The molecule has 1 aliphatic rings. The van der Waals surface area contributed by atoms with Crippen molar-refractivity contribution in [1.29, 1.82) is 0 Å². The Morgan fingerprint density at radius 1 is 0.873 bits per heavy atom. The molecule has 0 spiro atoms. The lowest BCUT2D eigenvalue weighted by molar-refractivity contribution is -0.139. The van der Waals surface area contributed by atoms with E-state index in [1.165, 1.54) is 32.2 Å². The van der Waals surface area contributed by atoms with Gasteiger partial charge in [-0.2, -0.15) is 0 Å². The molecule has 12 nitrogen and oxygen atoms in total. The fourth-order valence-corrected chi connectivity index (χ4v) is 4.64. The normalized spacial score (nSPS) is 14.8. The zero-order chi connectivity index (χ0) is 42.8. The number of likely N-dealkylation sites (tertiary alicyclic amines) is 1. The first-order valence-corrected chi connectivity index (χ1v) is 20.6. The number of nitrogens with one attached hydrogen (secondary N) is 5. The van der Waals surface area contributed by atoms with Crippen LogP contribution in [0.4, 0.5) is 4.79 Å². The van der Waals surface area contributed by atoms with Crippen LogP contribution in [0.2, 0.25) is 0 Å². The van der Waals surface area contributed by atoms with Crippen molar-refractivity contribution < 1.29 is 28.8 Å². The van der Waals surface area contributed by atoms with Crippen LogP contribution >= 0.6 is 0 Å². The topological polar surface area (TPSA) is 166 Å². The predicted molar refractivity (Wildman–Crippen MR) is 227 cm³/mol. The Morgan fingerprint density at radius 3 is 1.85 bits per heavy atom. The second kappa shape index (κ2) is 34.7. The Hall–Kier alpha value is -3.80. The lowest BCUT2D eigenvalue weighted by Gasteiger charge is -2.29. The van der Waals surface area contributed by atoms with Gasteiger partial charge in [0.2, 0.25) is 12.2 Å². The quantitative estimate of drug-likeness (QED) is 0.0605. The molecule has 0 radical (unpaired) electrons. The summed E-state index contributed by atoms with van der Waals surface area (Å²) in [6.45, 7) is 26.3. The van der Waals surface area contributed by atoms with Crippen LogP contribution in [0.25, 0.3) is 0 Å². The van der Waals surface area contributed by atoms with Gasteiger partial charge in [0, 0.05) is 24.7 Å². The van der Waals surface area contributed by atoms with E-state index in [0.717, 1.165) is 38.0 Å². The summed E-state index contributed by atoms with van der Waals surface area (Å²) in [5, 5.41) is 13.3. The van der Waals surface area contributed by atoms with Gasteiger partial charge in [0.25, 0.3) is 11.8 Å². The van der Waals surface area contributed by atoms with E-state index < -0.39 is 29.8 Å². The zero-order valence-electron chi connectivity index (χ0n) is 36.8. The molecule has 4 unspecified atom stereocenters. The van der Waals surface area contributed by atoms with Gasteiger partial charge in [-0.15, -0.1) is 0 Å². The molecule has 318 valence electrons. The van der Waals surface area contributed by atoms with E-state index in [0.29, 0.717) is 31.5 Å². The lowest BCUT2D eigenvalue weighted by Crippen LogP contribution is -2.54. The maximum atomic E-state index is 12.2. The molecule has 4 atom stereocenters. The van der Waals surface area contributed by atoms with Gasteiger partial charge >= 0.3 is 6.03 Å². The predicted octanol–water partition coefficient (Wildman–Crippen LogP) is 7.06. The molecule has 1 heterocycles. The highest BCUT2D eigenvalue weighted by molar-refractivity contribution is 6.38. The Morgan fingerprint density at radius 2 is 1.45 bits per heavy atom. The highest BCUT2D eigenvalue weighted by Crippen LogP contribution is 2.17. The van der Waals surface area contributed by atoms with Crippen molar-refractivity contribution in [2.24, 2.45) is 11.3 Å². The highest BCUT2D eigenvalue weighted by atomic mass is 16.2. The fourth-order valence-electron chi connectivity index (χ4n) is 4.64. The van der Waals surface area contributed by atoms with Crippen LogP contribution in [0, 0.1) is 11.3 Å². The fraction of sp³-hybridized carbons (Fsp3) is 0.721. The van der Waals surface area contributed by atoms with Crippen LogP contribution in [-0.2, 0) is 19.2 Å². The van der Waals surface area contributed by atoms with Gasteiger partial charge in [-0.05, 0) is 69.7 Å². The number of nitrogens with zero attached hydrogens (tertiary/aromatic N) is 1. The first-order valence-electron chi connectivity index (χ1n) is 20.6. The Bertz CT molecular complexity index is 1150. The van der Waals surface area contributed by atoms with E-state index >= 15 is 0 Å². The van der Waals surface area contributed by atoms with Crippen molar-refractivity contribution in [3.8, 4) is 0 Å². The third-order valence-electron chi connectivity index (χ3n) is 8.85. The monoisotopic (exact) mass is 777 g/mol. The smallest absolute Gasteiger partial charge is 0.315 e. The van der Waals surface area contributed by atoms with Crippen molar-refractivity contribution >= 4 is 36.3 Å². The number of aldehydes is 1. The molecule has 1 saturated heterocycles. The molecule has 5 amide bonds. The highest BCUT2D eigenvalue weighted by Gasteiger charge is 2.27. The summed E-state index contributed by atoms with van der Waals surface area (Å²) in [7, 11) is 2.19. The average Bonchev–Trinajstić information content (AvgIpc) is 3.55. The number of Topliss-reactive ketones (excluding diaryl/α,β-unsaturated/α-hetero) is 1. The van der Waals surface area contributed by atoms with E-state index in [-0.39, 0.29) is 23.3 Å². The number of ketones is 1. The molecule has 1 fully saturated rings. The van der Waals surface area contributed by atoms with Crippen molar-refractivity contribution in [2.75, 3.05) is 26.7 Å². The minimum atomic E-state index is -0.686. The van der Waals surface area contributed by atoms with Crippen LogP contribution in [0.15, 0.2) is 30.3 Å². The van der Waals surface area contributed by atoms with E-state index in [4.69, 9.17) is 0 Å². The molecule has 2 rings (SSSR count). The van der Waals surface area contributed by atoms with Crippen molar-refractivity contribution in [1.82, 2.24) is 31.5 Å². The number of carbonyl (C=O) groups is 6. The van der Waals surface area contributed by atoms with Gasteiger partial charge in [0.05, 0.1) is 18.1 Å². The van der Waals surface area contributed by atoms with Gasteiger partial charge in [0.1, 0.15) is 6.29 Å². The third kappa shape index (κ3) is 28.3. The second-order valence-electron chi connectivity index (χ2n) is 14.9. The van der Waals surface area contributed by atoms with Crippen molar-refractivity contribution in [2.45, 2.75) is 165 Å². The molecule has 0 aromatic heterocycles. The van der Waals surface area contributed by atoms with Crippen LogP contribution in [0.5, 0.6) is 0 Å². The van der Waals surface area contributed by atoms with Gasteiger partial charge < -0.3 is 36.3 Å². The second-order valence-corrected chi connectivity index (χ2v) is 14.9. The maximum Gasteiger partial charge on any atom is 0.315 e. The van der Waals surface area contributed by atoms with Crippen LogP contribution in [-0.4, -0.2) is 92.1 Å². The first kappa shape index (κ1) is 55.5. The average molecular weight is 777 g/mol. The minimum absolute atomic E-state index is 0.117. The van der Waals surface area contributed by atoms with Crippen LogP contribution < -0.4 is 26.6 Å². The molecule has 0 aliphatic carbocycles. The summed E-state index contributed by atoms with van der Waals surface area (Å²) in [6.07, 6.45) is 10.7. The molecular weight excluding hydrogens is 697 g/mol. The van der Waals surface area contributed by atoms with E-state index in [1.54, 1.807) is 24.3 Å². The lowest BCUT2D eigenvalue weighted by atomic mass is 9.88. The number of carbonyl (C=O) groups excluding carboxylic acids is 6. The Balaban J connectivity index is -0.000000769. The van der Waals surface area contributed by atoms with E-state index in [9.17, 15) is 28.8 Å². The Kier molecular flexibility index (Phi) is 35.0. The summed E-state index contributed by atoms with van der Waals surface area (Å²) in [6, 6.07) is 7.82. The largest absolute Gasteiger partial charge is 0.350 e. The summed E-state index contributed by atoms with van der Waals surface area (Å²) < 4.78 is 0. The Labute approximate surface area is 334 Å². The number of urea groups is 1. The number of unbranched alkanes of at least 4 members (excludes halogenated alkanes) is 3. The van der Waals surface area contributed by atoms with E-state index in [1.807, 2.05) is 68.4 Å². The minimum Gasteiger partial charge on any atom is -0.350 e. The van der Waals surface area contributed by atoms with Gasteiger partial charge in [-0.25, -0.2) is 4.79 Å². The maximum absolute atomic E-state index is 12.2. The summed E-state index contributed by atoms with van der Waals surface area (Å²) in [4.78, 5) is 71.5. The molecular formula is C43H80N6O6. The number of benzene rings is 1. The summed E-state index contributed by atoms with van der Waals surface area (Å²) in [5.41, 5.74) is 0.205. The van der Waals surface area contributed by atoms with Gasteiger partial charge in [-0.1, -0.05) is 126 Å². The van der Waals surface area contributed by atoms with Crippen LogP contribution in [0.3, 0.4) is 0 Å². The third-order valence-corrected chi connectivity index (χ3v) is 8.85. The SMILES string of the molecule is CC.CC(C)C(CNC(=O)c1ccccc1)NC(=O)NC(C=O)C(C)(C)C.CC1CCCN1C.CCCC.CCCCNC(=O)C(=O)C(CCCC)NC=O. The number of hydrogen-bond donors (Lipinski definition) is 5. The molecule has 1 aromatic rings. The number of hydrogen-bond acceptors (Lipinski definition) is 7. The zero-order valence-corrected chi connectivity index (χ0v) is 36.8. The van der Waals surface area contributed by atoms with E-state index in [2.05, 4.69) is 59.3 Å². The molecule has 1 aliphatic heterocycles. The number of amides is 5. The first-order chi connectivity index (χ1) is 26.0.